The lowest BCUT2D eigenvalue weighted by atomic mass is 10.1. The quantitative estimate of drug-likeness (QED) is 0.826. The zero-order valence-corrected chi connectivity index (χ0v) is 12.2. The van der Waals surface area contributed by atoms with Gasteiger partial charge in [-0.05, 0) is 37.6 Å². The Balaban J connectivity index is 3.28. The van der Waals surface area contributed by atoms with Gasteiger partial charge in [0.15, 0.2) is 0 Å². The lowest BCUT2D eigenvalue weighted by Gasteiger charge is -2.31. The molecule has 1 aromatic carbocycles. The van der Waals surface area contributed by atoms with Crippen molar-refractivity contribution in [1.29, 1.82) is 0 Å². The Morgan fingerprint density at radius 2 is 2.05 bits per heavy atom. The third kappa shape index (κ3) is 5.67. The molecule has 0 radical (unpaired) electrons. The van der Waals surface area contributed by atoms with E-state index < -0.39 is 24.7 Å². The van der Waals surface area contributed by atoms with Crippen molar-refractivity contribution >= 4 is 29.3 Å². The van der Waals surface area contributed by atoms with Crippen LogP contribution in [0.5, 0.6) is 0 Å². The van der Waals surface area contributed by atoms with E-state index in [1.165, 1.54) is 24.3 Å². The second kappa shape index (κ2) is 6.85. The molecule has 0 saturated carbocycles. The Morgan fingerprint density at radius 1 is 1.43 bits per heavy atom. The third-order valence-corrected chi connectivity index (χ3v) is 2.92. The first-order valence-corrected chi connectivity index (χ1v) is 6.52. The monoisotopic (exact) mass is 321 g/mol. The number of hydrogen-bond donors (Lipinski definition) is 1. The molecule has 0 spiro atoms. The van der Waals surface area contributed by atoms with Gasteiger partial charge in [0.1, 0.15) is 6.54 Å². The van der Waals surface area contributed by atoms with Gasteiger partial charge in [-0.25, -0.2) is 4.79 Å². The Bertz CT molecular complexity index is 542. The summed E-state index contributed by atoms with van der Waals surface area (Å²) in [6.45, 7) is 2.10. The number of carboxylic acids is 1. The molecule has 0 amide bonds. The second-order valence-electron chi connectivity index (χ2n) is 4.71. The summed E-state index contributed by atoms with van der Waals surface area (Å²) in [6.07, 6.45) is -2.25. The summed E-state index contributed by atoms with van der Waals surface area (Å²) in [4.78, 5) is 11.7. The number of anilines is 1. The van der Waals surface area contributed by atoms with Crippen molar-refractivity contribution in [2.45, 2.75) is 26.1 Å². The molecule has 0 bridgehead atoms. The van der Waals surface area contributed by atoms with Crippen molar-refractivity contribution in [3.8, 4) is 0 Å². The van der Waals surface area contributed by atoms with Crippen LogP contribution in [0.1, 0.15) is 19.4 Å². The van der Waals surface area contributed by atoms with Gasteiger partial charge in [0.2, 0.25) is 0 Å². The number of nitrogens with zero attached hydrogens (tertiary/aromatic N) is 1. The van der Waals surface area contributed by atoms with E-state index in [-0.39, 0.29) is 10.7 Å². The van der Waals surface area contributed by atoms with Gasteiger partial charge in [0.25, 0.3) is 0 Å². The van der Waals surface area contributed by atoms with Gasteiger partial charge in [-0.1, -0.05) is 17.7 Å². The molecule has 0 atom stereocenters. The SMILES string of the molecule is CC(C)N(CC(F)(F)F)c1cc(Cl)ccc1/C=C/C(=O)O. The van der Waals surface area contributed by atoms with Crippen LogP contribution < -0.4 is 4.90 Å². The number of aliphatic carboxylic acids is 1. The molecular weight excluding hydrogens is 307 g/mol. The normalized spacial score (nSPS) is 12.1. The van der Waals surface area contributed by atoms with E-state index in [1.807, 2.05) is 0 Å². The molecule has 1 rings (SSSR count). The molecule has 0 aliphatic carbocycles. The molecule has 1 aromatic rings. The first-order valence-electron chi connectivity index (χ1n) is 6.14. The fraction of sp³-hybridized carbons (Fsp3) is 0.357. The standard InChI is InChI=1S/C14H15ClF3NO2/c1-9(2)19(8-14(16,17)18)12-7-11(15)5-3-10(12)4-6-13(20)21/h3-7,9H,8H2,1-2H3,(H,20,21)/b6-4+. The maximum Gasteiger partial charge on any atom is 0.405 e. The average Bonchev–Trinajstić information content (AvgIpc) is 2.33. The maximum atomic E-state index is 12.7. The van der Waals surface area contributed by atoms with Crippen LogP contribution in [0, 0.1) is 0 Å². The van der Waals surface area contributed by atoms with Gasteiger partial charge in [0.05, 0.1) is 0 Å². The van der Waals surface area contributed by atoms with Crippen LogP contribution in [0.3, 0.4) is 0 Å². The van der Waals surface area contributed by atoms with Crippen molar-refractivity contribution < 1.29 is 23.1 Å². The molecule has 21 heavy (non-hydrogen) atoms. The van der Waals surface area contributed by atoms with E-state index in [0.717, 1.165) is 11.0 Å². The van der Waals surface area contributed by atoms with Crippen LogP contribution in [0.25, 0.3) is 6.08 Å². The molecule has 1 N–H and O–H groups in total. The number of carbonyl (C=O) groups is 1. The highest BCUT2D eigenvalue weighted by Crippen LogP contribution is 2.30. The fourth-order valence-electron chi connectivity index (χ4n) is 1.81. The van der Waals surface area contributed by atoms with Gasteiger partial charge in [-0.3, -0.25) is 0 Å². The highest BCUT2D eigenvalue weighted by atomic mass is 35.5. The summed E-state index contributed by atoms with van der Waals surface area (Å²) in [6, 6.07) is 3.96. The summed E-state index contributed by atoms with van der Waals surface area (Å²) in [7, 11) is 0. The number of rotatable bonds is 5. The number of hydrogen-bond acceptors (Lipinski definition) is 2. The van der Waals surface area contributed by atoms with E-state index in [4.69, 9.17) is 16.7 Å². The van der Waals surface area contributed by atoms with Crippen LogP contribution in [-0.4, -0.2) is 29.8 Å². The van der Waals surface area contributed by atoms with Crippen LogP contribution in [0.4, 0.5) is 18.9 Å². The van der Waals surface area contributed by atoms with Crippen molar-refractivity contribution in [1.82, 2.24) is 0 Å². The van der Waals surface area contributed by atoms with Crippen molar-refractivity contribution in [2.24, 2.45) is 0 Å². The van der Waals surface area contributed by atoms with Gasteiger partial charge in [-0.2, -0.15) is 13.2 Å². The summed E-state index contributed by atoms with van der Waals surface area (Å²) in [5, 5.41) is 8.93. The third-order valence-electron chi connectivity index (χ3n) is 2.68. The molecular formula is C14H15ClF3NO2. The predicted octanol–water partition coefficient (Wildman–Crippen LogP) is 4.21. The van der Waals surface area contributed by atoms with E-state index in [2.05, 4.69) is 0 Å². The number of carboxylic acid groups (broad SMARTS) is 1. The Kier molecular flexibility index (Phi) is 5.66. The number of alkyl halides is 3. The Hall–Kier alpha value is -1.69. The molecule has 3 nitrogen and oxygen atoms in total. The smallest absolute Gasteiger partial charge is 0.405 e. The second-order valence-corrected chi connectivity index (χ2v) is 5.15. The first-order chi connectivity index (χ1) is 9.60. The lowest BCUT2D eigenvalue weighted by Crippen LogP contribution is -2.39. The van der Waals surface area contributed by atoms with E-state index in [1.54, 1.807) is 13.8 Å². The predicted molar refractivity (Wildman–Crippen MR) is 76.7 cm³/mol. The number of benzene rings is 1. The van der Waals surface area contributed by atoms with Crippen LogP contribution >= 0.6 is 11.6 Å². The minimum atomic E-state index is -4.37. The summed E-state index contributed by atoms with van der Waals surface area (Å²) in [5.41, 5.74) is 0.604. The van der Waals surface area contributed by atoms with Crippen LogP contribution in [0.15, 0.2) is 24.3 Å². The minimum Gasteiger partial charge on any atom is -0.478 e. The Labute approximate surface area is 125 Å². The molecule has 0 aliphatic heterocycles. The Morgan fingerprint density at radius 3 is 2.52 bits per heavy atom. The average molecular weight is 322 g/mol. The fourth-order valence-corrected chi connectivity index (χ4v) is 1.97. The molecule has 0 unspecified atom stereocenters. The van der Waals surface area contributed by atoms with Crippen molar-refractivity contribution in [3.05, 3.63) is 34.9 Å². The van der Waals surface area contributed by atoms with Crippen LogP contribution in [-0.2, 0) is 4.79 Å². The topological polar surface area (TPSA) is 40.5 Å². The molecule has 0 saturated heterocycles. The van der Waals surface area contributed by atoms with E-state index in [9.17, 15) is 18.0 Å². The molecule has 116 valence electrons. The first kappa shape index (κ1) is 17.4. The highest BCUT2D eigenvalue weighted by Gasteiger charge is 2.32. The van der Waals surface area contributed by atoms with Gasteiger partial charge in [-0.15, -0.1) is 0 Å². The van der Waals surface area contributed by atoms with Crippen LogP contribution in [0.2, 0.25) is 5.02 Å². The zero-order chi connectivity index (χ0) is 16.2. The molecule has 0 aromatic heterocycles. The summed E-state index contributed by atoms with van der Waals surface area (Å²) >= 11 is 5.85. The van der Waals surface area contributed by atoms with Gasteiger partial charge >= 0.3 is 12.1 Å². The zero-order valence-electron chi connectivity index (χ0n) is 11.5. The molecule has 0 aliphatic rings. The highest BCUT2D eigenvalue weighted by molar-refractivity contribution is 6.31. The van der Waals surface area contributed by atoms with E-state index >= 15 is 0 Å². The summed E-state index contributed by atoms with van der Waals surface area (Å²) in [5.74, 6) is -1.18. The van der Waals surface area contributed by atoms with Gasteiger partial charge in [0, 0.05) is 22.8 Å². The molecule has 0 fully saturated rings. The van der Waals surface area contributed by atoms with Crippen molar-refractivity contribution in [3.63, 3.8) is 0 Å². The van der Waals surface area contributed by atoms with Crippen molar-refractivity contribution in [2.75, 3.05) is 11.4 Å². The van der Waals surface area contributed by atoms with E-state index in [0.29, 0.717) is 5.56 Å². The largest absolute Gasteiger partial charge is 0.478 e. The summed E-state index contributed by atoms with van der Waals surface area (Å²) < 4.78 is 38.1. The lowest BCUT2D eigenvalue weighted by molar-refractivity contribution is -0.131. The molecule has 0 heterocycles. The van der Waals surface area contributed by atoms with Gasteiger partial charge < -0.3 is 10.0 Å². The number of halogens is 4. The minimum absolute atomic E-state index is 0.243. The maximum absolute atomic E-state index is 12.7. The molecule has 7 heteroatoms.